The van der Waals surface area contributed by atoms with Gasteiger partial charge in [-0.2, -0.15) is 12.6 Å². The van der Waals surface area contributed by atoms with Gasteiger partial charge in [-0.15, -0.1) is 0 Å². The minimum atomic E-state index is -0.445. The summed E-state index contributed by atoms with van der Waals surface area (Å²) in [5.41, 5.74) is -0.445. The molecule has 1 atom stereocenters. The summed E-state index contributed by atoms with van der Waals surface area (Å²) >= 11 is 9.04. The maximum absolute atomic E-state index is 11.0. The van der Waals surface area contributed by atoms with Crippen LogP contribution in [0.2, 0.25) is 0 Å². The molecule has 0 aromatic rings. The lowest BCUT2D eigenvalue weighted by molar-refractivity contribution is 0.0536. The van der Waals surface area contributed by atoms with Gasteiger partial charge >= 0.3 is 6.09 Å². The van der Waals surface area contributed by atoms with Crippen LogP contribution in [-0.4, -0.2) is 28.9 Å². The Labute approximate surface area is 154 Å². The number of alkyl carbamates (subject to hydrolysis) is 1. The molecule has 0 heterocycles. The first kappa shape index (κ1) is 25.0. The molecule has 0 bridgehead atoms. The minimum absolute atomic E-state index is 0.393. The maximum Gasteiger partial charge on any atom is 0.407 e. The van der Waals surface area contributed by atoms with E-state index in [-0.39, 0.29) is 0 Å². The number of rotatable bonds is 9. The lowest BCUT2D eigenvalue weighted by atomic mass is 10.0. The predicted octanol–water partition coefficient (Wildman–Crippen LogP) is 5.81. The third kappa shape index (κ3) is 24.1. The standard InChI is InChI=1S/C10H22S.C8H15NO2S/c1-3-4-5-6-7-8-10(2)9-11;1-6(12)5-9-7(10)11-8(2,3)4/h10-11H,3-9H2,1-2H3;5H2,1-4H3,(H,9,10)/t10-;/m1./s1. The van der Waals surface area contributed by atoms with Gasteiger partial charge in [0.2, 0.25) is 0 Å². The van der Waals surface area contributed by atoms with Crippen LogP contribution in [0.4, 0.5) is 4.79 Å². The van der Waals surface area contributed by atoms with E-state index >= 15 is 0 Å². The second kappa shape index (κ2) is 15.3. The van der Waals surface area contributed by atoms with Gasteiger partial charge in [-0.3, -0.25) is 0 Å². The van der Waals surface area contributed by atoms with Gasteiger partial charge in [-0.05, 0) is 45.8 Å². The zero-order valence-corrected chi connectivity index (χ0v) is 17.6. The Morgan fingerprint density at radius 1 is 1.22 bits per heavy atom. The summed E-state index contributed by atoms with van der Waals surface area (Å²) in [5, 5.41) is 2.54. The third-order valence-corrected chi connectivity index (χ3v) is 3.76. The number of hydrogen-bond acceptors (Lipinski definition) is 4. The highest BCUT2D eigenvalue weighted by atomic mass is 32.1. The van der Waals surface area contributed by atoms with Crippen LogP contribution in [0, 0.1) is 5.92 Å². The smallest absolute Gasteiger partial charge is 0.407 e. The van der Waals surface area contributed by atoms with E-state index in [9.17, 15) is 4.79 Å². The van der Waals surface area contributed by atoms with E-state index in [4.69, 9.17) is 17.0 Å². The summed E-state index contributed by atoms with van der Waals surface area (Å²) in [7, 11) is 0. The average Bonchev–Trinajstić information content (AvgIpc) is 2.43. The van der Waals surface area contributed by atoms with Crippen molar-refractivity contribution in [3.05, 3.63) is 0 Å². The van der Waals surface area contributed by atoms with Crippen LogP contribution < -0.4 is 5.32 Å². The molecule has 23 heavy (non-hydrogen) atoms. The van der Waals surface area contributed by atoms with Gasteiger partial charge in [0.15, 0.2) is 0 Å². The molecule has 1 amide bonds. The highest BCUT2D eigenvalue weighted by Crippen LogP contribution is 2.11. The van der Waals surface area contributed by atoms with Crippen molar-refractivity contribution in [2.45, 2.75) is 85.7 Å². The minimum Gasteiger partial charge on any atom is -0.444 e. The van der Waals surface area contributed by atoms with Crippen LogP contribution in [0.1, 0.15) is 80.1 Å². The fraction of sp³-hybridized carbons (Fsp3) is 0.889. The van der Waals surface area contributed by atoms with Gasteiger partial charge in [0.1, 0.15) is 5.60 Å². The van der Waals surface area contributed by atoms with Crippen molar-refractivity contribution in [2.24, 2.45) is 5.92 Å². The van der Waals surface area contributed by atoms with Gasteiger partial charge in [0, 0.05) is 4.86 Å². The Balaban J connectivity index is 0. The first-order valence-corrected chi connectivity index (χ1v) is 9.73. The van der Waals surface area contributed by atoms with Crippen molar-refractivity contribution in [1.29, 1.82) is 0 Å². The van der Waals surface area contributed by atoms with E-state index in [2.05, 4.69) is 31.8 Å². The number of carbonyl (C=O) groups is 1. The van der Waals surface area contributed by atoms with Crippen LogP contribution >= 0.6 is 24.8 Å². The van der Waals surface area contributed by atoms with Crippen LogP contribution in [0.15, 0.2) is 0 Å². The Morgan fingerprint density at radius 2 is 1.78 bits per heavy atom. The number of carbonyl (C=O) groups excluding carboxylic acids is 1. The van der Waals surface area contributed by atoms with Crippen molar-refractivity contribution in [3.63, 3.8) is 0 Å². The molecule has 0 aromatic heterocycles. The zero-order valence-electron chi connectivity index (χ0n) is 15.9. The molecule has 0 aromatic carbocycles. The highest BCUT2D eigenvalue weighted by molar-refractivity contribution is 7.80. The molecule has 0 fully saturated rings. The molecule has 0 aliphatic rings. The van der Waals surface area contributed by atoms with Crippen LogP contribution in [-0.2, 0) is 4.74 Å². The summed E-state index contributed by atoms with van der Waals surface area (Å²) in [4.78, 5) is 11.7. The van der Waals surface area contributed by atoms with Gasteiger partial charge in [0.05, 0.1) is 6.54 Å². The molecule has 3 nitrogen and oxygen atoms in total. The van der Waals surface area contributed by atoms with Crippen molar-refractivity contribution in [2.75, 3.05) is 12.3 Å². The molecular formula is C18H37NO2S2. The Hall–Kier alpha value is -0.290. The van der Waals surface area contributed by atoms with E-state index in [0.717, 1.165) is 16.5 Å². The van der Waals surface area contributed by atoms with Gasteiger partial charge < -0.3 is 10.1 Å². The normalized spacial score (nSPS) is 12.0. The second-order valence-electron chi connectivity index (χ2n) is 7.05. The molecule has 0 saturated carbocycles. The number of ether oxygens (including phenoxy) is 1. The summed E-state index contributed by atoms with van der Waals surface area (Å²) in [5.74, 6) is 1.87. The fourth-order valence-corrected chi connectivity index (χ4v) is 1.95. The summed E-state index contributed by atoms with van der Waals surface area (Å²) in [6.07, 6.45) is 7.96. The second-order valence-corrected chi connectivity index (χ2v) is 8.11. The topological polar surface area (TPSA) is 38.3 Å². The Kier molecular flexibility index (Phi) is 16.5. The number of amides is 1. The van der Waals surface area contributed by atoms with Crippen LogP contribution in [0.25, 0.3) is 0 Å². The molecule has 0 spiro atoms. The number of thiocarbonyl (C=S) groups is 1. The largest absolute Gasteiger partial charge is 0.444 e. The van der Waals surface area contributed by atoms with Crippen molar-refractivity contribution in [3.8, 4) is 0 Å². The molecule has 0 aliphatic carbocycles. The fourth-order valence-electron chi connectivity index (χ4n) is 1.70. The number of thiol groups is 1. The lowest BCUT2D eigenvalue weighted by Crippen LogP contribution is -2.34. The van der Waals surface area contributed by atoms with Gasteiger partial charge in [-0.25, -0.2) is 4.79 Å². The number of unbranched alkanes of at least 4 members (excludes halogenated alkanes) is 4. The number of hydrogen-bond donors (Lipinski definition) is 2. The highest BCUT2D eigenvalue weighted by Gasteiger charge is 2.15. The Bertz CT molecular complexity index is 315. The molecule has 0 saturated heterocycles. The molecule has 0 aliphatic heterocycles. The van der Waals surface area contributed by atoms with E-state index in [1.54, 1.807) is 6.92 Å². The van der Waals surface area contributed by atoms with Gasteiger partial charge in [-0.1, -0.05) is 58.2 Å². The quantitative estimate of drug-likeness (QED) is 0.308. The SMILES string of the molecule is CC(=S)CNC(=O)OC(C)(C)C.CCCCCCC[C@@H](C)CS. The van der Waals surface area contributed by atoms with Crippen molar-refractivity contribution >= 4 is 35.8 Å². The molecule has 0 radical (unpaired) electrons. The van der Waals surface area contributed by atoms with E-state index < -0.39 is 11.7 Å². The molecule has 1 N–H and O–H groups in total. The first-order chi connectivity index (χ1) is 10.6. The van der Waals surface area contributed by atoms with E-state index in [0.29, 0.717) is 6.54 Å². The molecular weight excluding hydrogens is 326 g/mol. The summed E-state index contributed by atoms with van der Waals surface area (Å²) in [6.45, 7) is 12.2. The maximum atomic E-state index is 11.0. The molecule has 0 rings (SSSR count). The molecule has 5 heteroatoms. The average molecular weight is 364 g/mol. The van der Waals surface area contributed by atoms with Crippen molar-refractivity contribution in [1.82, 2.24) is 5.32 Å². The lowest BCUT2D eigenvalue weighted by Gasteiger charge is -2.19. The molecule has 0 unspecified atom stereocenters. The first-order valence-electron chi connectivity index (χ1n) is 8.69. The summed E-state index contributed by atoms with van der Waals surface area (Å²) in [6, 6.07) is 0. The summed E-state index contributed by atoms with van der Waals surface area (Å²) < 4.78 is 4.98. The predicted molar refractivity (Wildman–Crippen MR) is 109 cm³/mol. The molecule has 138 valence electrons. The van der Waals surface area contributed by atoms with Crippen molar-refractivity contribution < 1.29 is 9.53 Å². The zero-order chi connectivity index (χ0) is 18.3. The van der Waals surface area contributed by atoms with E-state index in [1.807, 2.05) is 20.8 Å². The van der Waals surface area contributed by atoms with Gasteiger partial charge in [0.25, 0.3) is 0 Å². The Morgan fingerprint density at radius 3 is 2.22 bits per heavy atom. The number of nitrogens with one attached hydrogen (secondary N) is 1. The third-order valence-electron chi connectivity index (χ3n) is 2.99. The van der Waals surface area contributed by atoms with Crippen LogP contribution in [0.5, 0.6) is 0 Å². The van der Waals surface area contributed by atoms with E-state index in [1.165, 1.54) is 38.5 Å². The monoisotopic (exact) mass is 363 g/mol. The van der Waals surface area contributed by atoms with Crippen LogP contribution in [0.3, 0.4) is 0 Å².